The largest absolute Gasteiger partial charge is 0.299 e. The molecule has 0 aliphatic rings. The predicted octanol–water partition coefficient (Wildman–Crippen LogP) is 10.9. The van der Waals surface area contributed by atoms with Gasteiger partial charge in [-0.05, 0) is 173 Å². The van der Waals surface area contributed by atoms with Gasteiger partial charge in [0.1, 0.15) is 11.6 Å². The van der Waals surface area contributed by atoms with Crippen LogP contribution in [0.1, 0.15) is 109 Å². The maximum Gasteiger partial charge on any atom is 0.140 e. The van der Waals surface area contributed by atoms with Crippen LogP contribution in [0.4, 0.5) is 0 Å². The smallest absolute Gasteiger partial charge is 0.140 e. The molecule has 0 unspecified atom stereocenters. The Bertz CT molecular complexity index is 526. The topological polar surface area (TPSA) is 34.1 Å². The molecule has 0 saturated carbocycles. The summed E-state index contributed by atoms with van der Waals surface area (Å²) in [4.78, 5) is 26.4. The molecule has 0 rings (SSSR count). The molecule has 0 atom stereocenters. The lowest BCUT2D eigenvalue weighted by atomic mass is 9.71. The molecule has 41 heavy (non-hydrogen) atoms. The highest BCUT2D eigenvalue weighted by Crippen LogP contribution is 2.42. The van der Waals surface area contributed by atoms with E-state index in [0.717, 1.165) is 12.8 Å². The quantitative estimate of drug-likeness (QED) is 0.0512. The molecule has 0 saturated heterocycles. The lowest BCUT2D eigenvalue weighted by Crippen LogP contribution is -2.25. The van der Waals surface area contributed by atoms with Gasteiger partial charge in [-0.25, -0.2) is 0 Å². The van der Waals surface area contributed by atoms with E-state index in [0.29, 0.717) is 12.8 Å². The number of carbonyl (C=O) groups is 2. The van der Waals surface area contributed by atoms with Crippen molar-refractivity contribution >= 4 is 82.1 Å². The van der Waals surface area contributed by atoms with Crippen molar-refractivity contribution in [2.75, 3.05) is 72.1 Å². The fraction of sp³-hybridized carbons (Fsp3) is 0.939. The molecule has 0 fully saturated rings. The Balaban J connectivity index is 5.29. The molecule has 0 radical (unpaired) electrons. The lowest BCUT2D eigenvalue weighted by Gasteiger charge is -2.35. The van der Waals surface area contributed by atoms with Crippen LogP contribution >= 0.6 is 70.6 Å². The van der Waals surface area contributed by atoms with Crippen molar-refractivity contribution < 1.29 is 9.59 Å². The highest BCUT2D eigenvalue weighted by molar-refractivity contribution is 7.99. The average Bonchev–Trinajstić information content (AvgIpc) is 2.96. The minimum Gasteiger partial charge on any atom is -0.299 e. The van der Waals surface area contributed by atoms with Crippen molar-refractivity contribution in [3.05, 3.63) is 0 Å². The third kappa shape index (κ3) is 22.6. The molecule has 0 aliphatic heterocycles. The predicted molar refractivity (Wildman–Crippen MR) is 204 cm³/mol. The lowest BCUT2D eigenvalue weighted by molar-refractivity contribution is -0.127. The number of Topliss-reactive ketones (excluding diaryl/α,β-unsaturated/α-hetero) is 2. The van der Waals surface area contributed by atoms with E-state index in [1.54, 1.807) is 0 Å². The van der Waals surface area contributed by atoms with Crippen molar-refractivity contribution in [2.45, 2.75) is 109 Å². The highest BCUT2D eigenvalue weighted by atomic mass is 32.2. The van der Waals surface area contributed by atoms with Crippen LogP contribution in [0.5, 0.6) is 0 Å². The Morgan fingerprint density at radius 1 is 0.390 bits per heavy atom. The van der Waals surface area contributed by atoms with Gasteiger partial charge in [-0.15, -0.1) is 0 Å². The van der Waals surface area contributed by atoms with Crippen LogP contribution in [-0.2, 0) is 9.59 Å². The molecular formula is C33H64O2S6. The van der Waals surface area contributed by atoms with Crippen molar-refractivity contribution in [2.24, 2.45) is 10.8 Å². The molecule has 0 N–H and O–H groups in total. The van der Waals surface area contributed by atoms with Crippen LogP contribution in [0.2, 0.25) is 0 Å². The van der Waals surface area contributed by atoms with Crippen molar-refractivity contribution in [1.82, 2.24) is 0 Å². The number of carbonyl (C=O) groups excluding carboxylic acids is 2. The zero-order valence-corrected chi connectivity index (χ0v) is 32.4. The first-order valence-electron chi connectivity index (χ1n) is 15.8. The van der Waals surface area contributed by atoms with Gasteiger partial charge in [-0.2, -0.15) is 70.6 Å². The van der Waals surface area contributed by atoms with Gasteiger partial charge in [0.15, 0.2) is 0 Å². The zero-order valence-electron chi connectivity index (χ0n) is 27.5. The van der Waals surface area contributed by atoms with E-state index >= 15 is 0 Å². The number of thioether (sulfide) groups is 6. The molecule has 2 nitrogen and oxygen atoms in total. The maximum absolute atomic E-state index is 13.2. The summed E-state index contributed by atoms with van der Waals surface area (Å²) >= 11 is 11.6. The standard InChI is InChI=1S/C33H64O2S6/c1-36-23-7-15-32(16-8-24-37-2,17-9-25-38-3)21-13-30(34)29-31(35)14-22-33(18-10-26-39-4,19-11-27-40-5)20-12-28-41-6/h7-29H2,1-6H3. The van der Waals surface area contributed by atoms with Crippen LogP contribution < -0.4 is 0 Å². The van der Waals surface area contributed by atoms with Gasteiger partial charge in [-0.1, -0.05) is 0 Å². The highest BCUT2D eigenvalue weighted by Gasteiger charge is 2.31. The van der Waals surface area contributed by atoms with E-state index in [-0.39, 0.29) is 28.8 Å². The second-order valence-corrected chi connectivity index (χ2v) is 17.7. The van der Waals surface area contributed by atoms with Gasteiger partial charge in [0, 0.05) is 12.8 Å². The van der Waals surface area contributed by atoms with Gasteiger partial charge < -0.3 is 0 Å². The van der Waals surface area contributed by atoms with Gasteiger partial charge in [0.25, 0.3) is 0 Å². The van der Waals surface area contributed by atoms with Crippen molar-refractivity contribution in [3.63, 3.8) is 0 Å². The molecule has 0 amide bonds. The molecule has 0 aromatic rings. The minimum atomic E-state index is 0.160. The first kappa shape index (κ1) is 42.4. The molecule has 8 heteroatoms. The number of ketones is 2. The van der Waals surface area contributed by atoms with Crippen LogP contribution in [0.3, 0.4) is 0 Å². The van der Waals surface area contributed by atoms with E-state index < -0.39 is 0 Å². The van der Waals surface area contributed by atoms with E-state index in [1.165, 1.54) is 112 Å². The van der Waals surface area contributed by atoms with Gasteiger partial charge >= 0.3 is 0 Å². The van der Waals surface area contributed by atoms with Crippen LogP contribution in [0.15, 0.2) is 0 Å². The van der Waals surface area contributed by atoms with Gasteiger partial charge in [-0.3, -0.25) is 9.59 Å². The fourth-order valence-corrected chi connectivity index (χ4v) is 8.85. The molecule has 244 valence electrons. The molecule has 0 aromatic carbocycles. The summed E-state index contributed by atoms with van der Waals surface area (Å²) < 4.78 is 0. The summed E-state index contributed by atoms with van der Waals surface area (Å²) in [5.74, 6) is 7.58. The normalized spacial score (nSPS) is 12.2. The molecule has 0 bridgehead atoms. The van der Waals surface area contributed by atoms with E-state index in [2.05, 4.69) is 37.5 Å². The molecule has 0 spiro atoms. The summed E-state index contributed by atoms with van der Waals surface area (Å²) in [6.45, 7) is 0. The number of hydrogen-bond donors (Lipinski definition) is 0. The van der Waals surface area contributed by atoms with E-state index in [4.69, 9.17) is 0 Å². The zero-order chi connectivity index (χ0) is 30.7. The number of rotatable bonds is 32. The Hall–Kier alpha value is 1.44. The van der Waals surface area contributed by atoms with Crippen molar-refractivity contribution in [1.29, 1.82) is 0 Å². The van der Waals surface area contributed by atoms with Crippen LogP contribution in [0, 0.1) is 10.8 Å². The van der Waals surface area contributed by atoms with Crippen LogP contribution in [-0.4, -0.2) is 83.6 Å². The first-order chi connectivity index (χ1) is 19.9. The molecular weight excluding hydrogens is 621 g/mol. The van der Waals surface area contributed by atoms with Gasteiger partial charge in [0.05, 0.1) is 6.42 Å². The SMILES string of the molecule is CSCCCC(CCCSC)(CCCSC)CCC(=O)CC(=O)CCC(CCCSC)(CCCSC)CCCSC. The molecule has 0 aliphatic carbocycles. The summed E-state index contributed by atoms with van der Waals surface area (Å²) in [7, 11) is 0. The Kier molecular flexibility index (Phi) is 29.9. The monoisotopic (exact) mass is 684 g/mol. The molecule has 0 aromatic heterocycles. The van der Waals surface area contributed by atoms with E-state index in [9.17, 15) is 9.59 Å². The third-order valence-corrected chi connectivity index (χ3v) is 12.8. The summed E-state index contributed by atoms with van der Waals surface area (Å²) in [6, 6.07) is 0. The number of hydrogen-bond acceptors (Lipinski definition) is 8. The van der Waals surface area contributed by atoms with E-state index in [1.807, 2.05) is 70.6 Å². The second-order valence-electron chi connectivity index (χ2n) is 11.8. The maximum atomic E-state index is 13.2. The summed E-state index contributed by atoms with van der Waals surface area (Å²) in [6.07, 6.45) is 31.2. The minimum absolute atomic E-state index is 0.160. The Labute approximate surface area is 281 Å². The summed E-state index contributed by atoms with van der Waals surface area (Å²) in [5.41, 5.74) is 0.530. The fourth-order valence-electron chi connectivity index (χ4n) is 6.25. The second kappa shape index (κ2) is 28.9. The Morgan fingerprint density at radius 2 is 0.610 bits per heavy atom. The first-order valence-corrected chi connectivity index (χ1v) is 24.2. The van der Waals surface area contributed by atoms with Crippen molar-refractivity contribution in [3.8, 4) is 0 Å². The molecule has 0 heterocycles. The Morgan fingerprint density at radius 3 is 0.805 bits per heavy atom. The summed E-state index contributed by atoms with van der Waals surface area (Å²) in [5, 5.41) is 0. The van der Waals surface area contributed by atoms with Crippen LogP contribution in [0.25, 0.3) is 0 Å². The average molecular weight is 685 g/mol. The third-order valence-electron chi connectivity index (χ3n) is 8.60. The van der Waals surface area contributed by atoms with Gasteiger partial charge in [0.2, 0.25) is 0 Å².